The van der Waals surface area contributed by atoms with E-state index >= 15 is 0 Å². The molecular weight excluding hydrogens is 314 g/mol. The standard InChI is InChI=1S/C21H23NO3/c1-16-7-9-19(10-8-16)25-15-20(23)22-13-11-18(12-14-22)21(24)17-5-3-2-4-6-17/h2-10,18H,11-15H2,1H3. The van der Waals surface area contributed by atoms with Gasteiger partial charge in [-0.15, -0.1) is 0 Å². The summed E-state index contributed by atoms with van der Waals surface area (Å²) in [6.07, 6.45) is 1.42. The van der Waals surface area contributed by atoms with Gasteiger partial charge in [-0.2, -0.15) is 0 Å². The number of nitrogens with zero attached hydrogens (tertiary/aromatic N) is 1. The third-order valence-electron chi connectivity index (χ3n) is 4.66. The second-order valence-electron chi connectivity index (χ2n) is 6.49. The summed E-state index contributed by atoms with van der Waals surface area (Å²) >= 11 is 0. The number of ether oxygens (including phenoxy) is 1. The van der Waals surface area contributed by atoms with E-state index in [1.165, 1.54) is 0 Å². The number of carbonyl (C=O) groups excluding carboxylic acids is 2. The maximum atomic E-state index is 12.5. The van der Waals surface area contributed by atoms with E-state index in [2.05, 4.69) is 0 Å². The van der Waals surface area contributed by atoms with Crippen LogP contribution in [0, 0.1) is 12.8 Å². The average molecular weight is 337 g/mol. The van der Waals surface area contributed by atoms with E-state index in [9.17, 15) is 9.59 Å². The largest absolute Gasteiger partial charge is 0.484 e. The molecule has 1 heterocycles. The highest BCUT2D eigenvalue weighted by Gasteiger charge is 2.27. The Morgan fingerprint density at radius 3 is 2.28 bits per heavy atom. The number of carbonyl (C=O) groups is 2. The van der Waals surface area contributed by atoms with Gasteiger partial charge >= 0.3 is 0 Å². The maximum absolute atomic E-state index is 12.5. The molecule has 0 unspecified atom stereocenters. The smallest absolute Gasteiger partial charge is 0.260 e. The second kappa shape index (κ2) is 7.97. The predicted octanol–water partition coefficient (Wildman–Crippen LogP) is 3.50. The number of benzene rings is 2. The van der Waals surface area contributed by atoms with Gasteiger partial charge in [-0.25, -0.2) is 0 Å². The summed E-state index contributed by atoms with van der Waals surface area (Å²) in [6, 6.07) is 17.0. The molecule has 0 spiro atoms. The zero-order valence-corrected chi connectivity index (χ0v) is 14.5. The Labute approximate surface area is 148 Å². The van der Waals surface area contributed by atoms with E-state index in [1.807, 2.05) is 61.5 Å². The predicted molar refractivity (Wildman–Crippen MR) is 96.8 cm³/mol. The molecule has 1 aliphatic rings. The fourth-order valence-electron chi connectivity index (χ4n) is 3.10. The van der Waals surface area contributed by atoms with Crippen LogP contribution in [0.1, 0.15) is 28.8 Å². The minimum Gasteiger partial charge on any atom is -0.484 e. The van der Waals surface area contributed by atoms with Crippen molar-refractivity contribution < 1.29 is 14.3 Å². The van der Waals surface area contributed by atoms with Crippen LogP contribution < -0.4 is 4.74 Å². The Hall–Kier alpha value is -2.62. The molecule has 1 amide bonds. The Balaban J connectivity index is 1.47. The maximum Gasteiger partial charge on any atom is 0.260 e. The first kappa shape index (κ1) is 17.2. The van der Waals surface area contributed by atoms with Gasteiger partial charge in [0.1, 0.15) is 5.75 Å². The zero-order chi connectivity index (χ0) is 17.6. The van der Waals surface area contributed by atoms with E-state index in [1.54, 1.807) is 4.90 Å². The van der Waals surface area contributed by atoms with Crippen LogP contribution in [0.25, 0.3) is 0 Å². The lowest BCUT2D eigenvalue weighted by Gasteiger charge is -2.31. The third-order valence-corrected chi connectivity index (χ3v) is 4.66. The van der Waals surface area contributed by atoms with Crippen molar-refractivity contribution in [2.45, 2.75) is 19.8 Å². The van der Waals surface area contributed by atoms with E-state index in [4.69, 9.17) is 4.74 Å². The summed E-state index contributed by atoms with van der Waals surface area (Å²) in [4.78, 5) is 26.6. The molecule has 0 aromatic heterocycles. The van der Waals surface area contributed by atoms with Crippen LogP contribution in [0.5, 0.6) is 5.75 Å². The number of amides is 1. The third kappa shape index (κ3) is 4.47. The highest BCUT2D eigenvalue weighted by molar-refractivity contribution is 5.98. The van der Waals surface area contributed by atoms with Gasteiger partial charge < -0.3 is 9.64 Å². The van der Waals surface area contributed by atoms with Crippen molar-refractivity contribution in [3.8, 4) is 5.75 Å². The van der Waals surface area contributed by atoms with Crippen LogP contribution in [0.15, 0.2) is 54.6 Å². The van der Waals surface area contributed by atoms with Gasteiger partial charge in [-0.05, 0) is 31.9 Å². The first-order chi connectivity index (χ1) is 12.1. The van der Waals surface area contributed by atoms with E-state index < -0.39 is 0 Å². The first-order valence-corrected chi connectivity index (χ1v) is 8.70. The van der Waals surface area contributed by atoms with Gasteiger partial charge in [-0.1, -0.05) is 48.0 Å². The average Bonchev–Trinajstić information content (AvgIpc) is 2.67. The van der Waals surface area contributed by atoms with Crippen LogP contribution in [0.3, 0.4) is 0 Å². The Kier molecular flexibility index (Phi) is 5.49. The molecule has 0 saturated carbocycles. The van der Waals surface area contributed by atoms with Crippen LogP contribution >= 0.6 is 0 Å². The summed E-state index contributed by atoms with van der Waals surface area (Å²) in [7, 11) is 0. The molecule has 2 aromatic carbocycles. The number of Topliss-reactive ketones (excluding diaryl/α,β-unsaturated/α-hetero) is 1. The van der Waals surface area contributed by atoms with Gasteiger partial charge in [0.05, 0.1) is 0 Å². The Morgan fingerprint density at radius 2 is 1.64 bits per heavy atom. The molecule has 4 heteroatoms. The molecule has 0 aliphatic carbocycles. The highest BCUT2D eigenvalue weighted by Crippen LogP contribution is 2.22. The highest BCUT2D eigenvalue weighted by atomic mass is 16.5. The summed E-state index contributed by atoms with van der Waals surface area (Å²) in [5.41, 5.74) is 1.92. The molecule has 0 atom stereocenters. The van der Waals surface area contributed by atoms with Crippen molar-refractivity contribution >= 4 is 11.7 Å². The molecule has 25 heavy (non-hydrogen) atoms. The van der Waals surface area contributed by atoms with Crippen molar-refractivity contribution in [2.75, 3.05) is 19.7 Å². The number of hydrogen-bond donors (Lipinski definition) is 0. The summed E-state index contributed by atoms with van der Waals surface area (Å²) in [5.74, 6) is 0.868. The quantitative estimate of drug-likeness (QED) is 0.785. The summed E-state index contributed by atoms with van der Waals surface area (Å²) in [6.45, 7) is 3.27. The lowest BCUT2D eigenvalue weighted by molar-refractivity contribution is -0.134. The van der Waals surface area contributed by atoms with E-state index in [-0.39, 0.29) is 24.2 Å². The fraction of sp³-hybridized carbons (Fsp3) is 0.333. The lowest BCUT2D eigenvalue weighted by Crippen LogP contribution is -2.42. The number of piperidine rings is 1. The van der Waals surface area contributed by atoms with Gasteiger partial charge in [0, 0.05) is 24.6 Å². The van der Waals surface area contributed by atoms with Crippen molar-refractivity contribution in [3.63, 3.8) is 0 Å². The number of rotatable bonds is 5. The SMILES string of the molecule is Cc1ccc(OCC(=O)N2CCC(C(=O)c3ccccc3)CC2)cc1. The molecule has 1 fully saturated rings. The first-order valence-electron chi connectivity index (χ1n) is 8.70. The molecular formula is C21H23NO3. The van der Waals surface area contributed by atoms with E-state index in [0.29, 0.717) is 31.7 Å². The summed E-state index contributed by atoms with van der Waals surface area (Å²) in [5, 5.41) is 0. The molecule has 1 aliphatic heterocycles. The fourth-order valence-corrected chi connectivity index (χ4v) is 3.10. The van der Waals surface area contributed by atoms with Crippen molar-refractivity contribution in [1.29, 1.82) is 0 Å². The molecule has 0 radical (unpaired) electrons. The van der Waals surface area contributed by atoms with Gasteiger partial charge in [0.2, 0.25) is 0 Å². The molecule has 3 rings (SSSR count). The van der Waals surface area contributed by atoms with Crippen LogP contribution in [-0.2, 0) is 4.79 Å². The van der Waals surface area contributed by atoms with Crippen molar-refractivity contribution in [3.05, 3.63) is 65.7 Å². The van der Waals surface area contributed by atoms with Gasteiger partial charge in [-0.3, -0.25) is 9.59 Å². The molecule has 0 bridgehead atoms. The molecule has 0 N–H and O–H groups in total. The normalized spacial score (nSPS) is 15.0. The van der Waals surface area contributed by atoms with Crippen LogP contribution in [0.2, 0.25) is 0 Å². The molecule has 1 saturated heterocycles. The number of aryl methyl sites for hydroxylation is 1. The minimum absolute atomic E-state index is 0.00414. The van der Waals surface area contributed by atoms with E-state index in [0.717, 1.165) is 11.1 Å². The Bertz CT molecular complexity index is 717. The van der Waals surface area contributed by atoms with Gasteiger partial charge in [0.15, 0.2) is 12.4 Å². The number of likely N-dealkylation sites (tertiary alicyclic amines) is 1. The van der Waals surface area contributed by atoms with Gasteiger partial charge in [0.25, 0.3) is 5.91 Å². The van der Waals surface area contributed by atoms with Crippen LogP contribution in [-0.4, -0.2) is 36.3 Å². The molecule has 130 valence electrons. The minimum atomic E-state index is -0.0221. The van der Waals surface area contributed by atoms with Crippen molar-refractivity contribution in [1.82, 2.24) is 4.90 Å². The number of ketones is 1. The molecule has 2 aromatic rings. The monoisotopic (exact) mass is 337 g/mol. The number of hydrogen-bond acceptors (Lipinski definition) is 3. The summed E-state index contributed by atoms with van der Waals surface area (Å²) < 4.78 is 5.56. The lowest BCUT2D eigenvalue weighted by atomic mass is 9.89. The molecule has 4 nitrogen and oxygen atoms in total. The zero-order valence-electron chi connectivity index (χ0n) is 14.5. The Morgan fingerprint density at radius 1 is 1.00 bits per heavy atom. The van der Waals surface area contributed by atoms with Crippen molar-refractivity contribution in [2.24, 2.45) is 5.92 Å². The topological polar surface area (TPSA) is 46.6 Å². The van der Waals surface area contributed by atoms with Crippen LogP contribution in [0.4, 0.5) is 0 Å². The second-order valence-corrected chi connectivity index (χ2v) is 6.49.